The van der Waals surface area contributed by atoms with E-state index in [1.54, 1.807) is 32.9 Å². The van der Waals surface area contributed by atoms with Gasteiger partial charge in [-0.05, 0) is 42.8 Å². The molecular formula is C20H25FN2O4S. The molecule has 0 aliphatic rings. The van der Waals surface area contributed by atoms with Crippen LogP contribution in [0.25, 0.3) is 0 Å². The van der Waals surface area contributed by atoms with Crippen LogP contribution in [0.15, 0.2) is 47.4 Å². The highest BCUT2D eigenvalue weighted by Gasteiger charge is 2.22. The largest absolute Gasteiger partial charge is 0.496 e. The van der Waals surface area contributed by atoms with Gasteiger partial charge in [0.25, 0.3) is 5.91 Å². The quantitative estimate of drug-likeness (QED) is 0.727. The molecule has 0 spiro atoms. The van der Waals surface area contributed by atoms with E-state index in [2.05, 4.69) is 5.32 Å². The molecule has 0 saturated heterocycles. The van der Waals surface area contributed by atoms with Crippen molar-refractivity contribution in [2.75, 3.05) is 20.2 Å². The molecule has 1 atom stereocenters. The summed E-state index contributed by atoms with van der Waals surface area (Å²) < 4.78 is 45.1. The lowest BCUT2D eigenvalue weighted by Gasteiger charge is -2.19. The van der Waals surface area contributed by atoms with Crippen molar-refractivity contribution in [2.24, 2.45) is 0 Å². The standard InChI is InChI=1S/C20H25FN2O4S/c1-5-23(6-2)28(25,26)17-10-7-15(8-11-17)14(3)22-20(24)18-13-16(21)9-12-19(18)27-4/h7-14H,5-6H2,1-4H3,(H,22,24). The van der Waals surface area contributed by atoms with Gasteiger partial charge in [0.1, 0.15) is 11.6 Å². The Morgan fingerprint density at radius 1 is 1.14 bits per heavy atom. The Labute approximate surface area is 165 Å². The summed E-state index contributed by atoms with van der Waals surface area (Å²) in [5.74, 6) is -0.750. The van der Waals surface area contributed by atoms with Crippen LogP contribution in [-0.4, -0.2) is 38.8 Å². The first-order chi connectivity index (χ1) is 13.2. The molecule has 28 heavy (non-hydrogen) atoms. The molecule has 0 aliphatic carbocycles. The molecule has 0 radical (unpaired) electrons. The van der Waals surface area contributed by atoms with Gasteiger partial charge in [-0.2, -0.15) is 4.31 Å². The number of rotatable bonds is 8. The molecule has 2 rings (SSSR count). The molecule has 6 nitrogen and oxygen atoms in total. The number of nitrogens with one attached hydrogen (secondary N) is 1. The maximum Gasteiger partial charge on any atom is 0.255 e. The third-order valence-electron chi connectivity index (χ3n) is 4.48. The molecule has 0 heterocycles. The van der Waals surface area contributed by atoms with Crippen molar-refractivity contribution in [3.05, 3.63) is 59.4 Å². The zero-order valence-corrected chi connectivity index (χ0v) is 17.2. The minimum atomic E-state index is -3.54. The number of hydrogen-bond donors (Lipinski definition) is 1. The number of sulfonamides is 1. The zero-order valence-electron chi connectivity index (χ0n) is 16.4. The van der Waals surface area contributed by atoms with Crippen molar-refractivity contribution in [3.8, 4) is 5.75 Å². The van der Waals surface area contributed by atoms with Crippen LogP contribution in [-0.2, 0) is 10.0 Å². The van der Waals surface area contributed by atoms with Crippen molar-refractivity contribution in [3.63, 3.8) is 0 Å². The van der Waals surface area contributed by atoms with Crippen LogP contribution in [0.1, 0.15) is 42.7 Å². The van der Waals surface area contributed by atoms with Crippen LogP contribution < -0.4 is 10.1 Å². The van der Waals surface area contributed by atoms with Gasteiger partial charge in [0.15, 0.2) is 0 Å². The molecule has 1 unspecified atom stereocenters. The Hall–Kier alpha value is -2.45. The van der Waals surface area contributed by atoms with E-state index in [0.717, 1.165) is 11.6 Å². The Balaban J connectivity index is 2.19. The van der Waals surface area contributed by atoms with Crippen molar-refractivity contribution >= 4 is 15.9 Å². The average molecular weight is 408 g/mol. The van der Waals surface area contributed by atoms with Gasteiger partial charge >= 0.3 is 0 Å². The lowest BCUT2D eigenvalue weighted by molar-refractivity contribution is 0.0936. The summed E-state index contributed by atoms with van der Waals surface area (Å²) in [6, 6.07) is 9.67. The van der Waals surface area contributed by atoms with E-state index in [1.807, 2.05) is 0 Å². The van der Waals surface area contributed by atoms with Crippen molar-refractivity contribution in [1.82, 2.24) is 9.62 Å². The fourth-order valence-corrected chi connectivity index (χ4v) is 4.31. The van der Waals surface area contributed by atoms with Gasteiger partial charge in [-0.15, -0.1) is 0 Å². The average Bonchev–Trinajstić information content (AvgIpc) is 2.68. The second-order valence-corrected chi connectivity index (χ2v) is 8.14. The van der Waals surface area contributed by atoms with E-state index < -0.39 is 27.8 Å². The molecule has 0 saturated carbocycles. The molecular weight excluding hydrogens is 383 g/mol. The van der Waals surface area contributed by atoms with E-state index in [0.29, 0.717) is 13.1 Å². The molecule has 1 amide bonds. The molecule has 2 aromatic carbocycles. The number of carbonyl (C=O) groups excluding carboxylic acids is 1. The van der Waals surface area contributed by atoms with Crippen LogP contribution in [0, 0.1) is 5.82 Å². The summed E-state index contributed by atoms with van der Waals surface area (Å²) in [4.78, 5) is 12.7. The predicted octanol–water partition coefficient (Wildman–Crippen LogP) is 3.36. The highest BCUT2D eigenvalue weighted by Crippen LogP contribution is 2.22. The first-order valence-corrected chi connectivity index (χ1v) is 10.4. The maximum atomic E-state index is 13.5. The van der Waals surface area contributed by atoms with E-state index in [1.165, 1.54) is 35.7 Å². The third kappa shape index (κ3) is 4.69. The fraction of sp³-hybridized carbons (Fsp3) is 0.350. The molecule has 0 fully saturated rings. The number of benzene rings is 2. The number of hydrogen-bond acceptors (Lipinski definition) is 4. The predicted molar refractivity (Wildman–Crippen MR) is 105 cm³/mol. The van der Waals surface area contributed by atoms with Crippen molar-refractivity contribution < 1.29 is 22.3 Å². The summed E-state index contributed by atoms with van der Waals surface area (Å²) in [7, 11) is -2.13. The van der Waals surface area contributed by atoms with Crippen molar-refractivity contribution in [2.45, 2.75) is 31.7 Å². The minimum absolute atomic E-state index is 0.0927. The summed E-state index contributed by atoms with van der Waals surface area (Å²) in [6.45, 7) is 6.12. The highest BCUT2D eigenvalue weighted by molar-refractivity contribution is 7.89. The van der Waals surface area contributed by atoms with Gasteiger partial charge in [0.2, 0.25) is 10.0 Å². The van der Waals surface area contributed by atoms with Crippen molar-refractivity contribution in [1.29, 1.82) is 0 Å². The molecule has 1 N–H and O–H groups in total. The Morgan fingerprint density at radius 3 is 2.29 bits per heavy atom. The van der Waals surface area contributed by atoms with Gasteiger partial charge in [0.05, 0.1) is 23.6 Å². The number of halogens is 1. The SMILES string of the molecule is CCN(CC)S(=O)(=O)c1ccc(C(C)NC(=O)c2cc(F)ccc2OC)cc1. The lowest BCUT2D eigenvalue weighted by Crippen LogP contribution is -2.30. The highest BCUT2D eigenvalue weighted by atomic mass is 32.2. The summed E-state index contributed by atoms with van der Waals surface area (Å²) in [5, 5.41) is 2.77. The second-order valence-electron chi connectivity index (χ2n) is 6.20. The van der Waals surface area contributed by atoms with Gasteiger partial charge < -0.3 is 10.1 Å². The minimum Gasteiger partial charge on any atom is -0.496 e. The molecule has 152 valence electrons. The van der Waals surface area contributed by atoms with E-state index >= 15 is 0 Å². The number of nitrogens with zero attached hydrogens (tertiary/aromatic N) is 1. The summed E-state index contributed by atoms with van der Waals surface area (Å²) in [5.41, 5.74) is 0.817. The zero-order chi connectivity index (χ0) is 20.9. The van der Waals surface area contributed by atoms with Crippen LogP contribution in [0.3, 0.4) is 0 Å². The van der Waals surface area contributed by atoms with E-state index in [-0.39, 0.29) is 16.2 Å². The molecule has 0 aliphatic heterocycles. The Bertz CT molecular complexity index is 926. The Morgan fingerprint density at radius 2 is 1.75 bits per heavy atom. The first kappa shape index (κ1) is 21.8. The first-order valence-electron chi connectivity index (χ1n) is 8.99. The van der Waals surface area contributed by atoms with Crippen LogP contribution in [0.4, 0.5) is 4.39 Å². The van der Waals surface area contributed by atoms with E-state index in [9.17, 15) is 17.6 Å². The molecule has 0 aromatic heterocycles. The second kappa shape index (κ2) is 9.16. The maximum absolute atomic E-state index is 13.5. The molecule has 0 bridgehead atoms. The smallest absolute Gasteiger partial charge is 0.255 e. The van der Waals surface area contributed by atoms with Gasteiger partial charge in [0, 0.05) is 13.1 Å². The summed E-state index contributed by atoms with van der Waals surface area (Å²) >= 11 is 0. The van der Waals surface area contributed by atoms with Crippen LogP contribution in [0.5, 0.6) is 5.75 Å². The topological polar surface area (TPSA) is 75.7 Å². The lowest BCUT2D eigenvalue weighted by atomic mass is 10.1. The number of methoxy groups -OCH3 is 1. The summed E-state index contributed by atoms with van der Waals surface area (Å²) in [6.07, 6.45) is 0. The Kier molecular flexibility index (Phi) is 7.15. The van der Waals surface area contributed by atoms with Crippen LogP contribution in [0.2, 0.25) is 0 Å². The normalized spacial score (nSPS) is 12.6. The number of carbonyl (C=O) groups is 1. The fourth-order valence-electron chi connectivity index (χ4n) is 2.86. The van der Waals surface area contributed by atoms with Gasteiger partial charge in [-0.3, -0.25) is 4.79 Å². The van der Waals surface area contributed by atoms with Gasteiger partial charge in [-0.25, -0.2) is 12.8 Å². The van der Waals surface area contributed by atoms with Gasteiger partial charge in [-0.1, -0.05) is 26.0 Å². The number of ether oxygens (including phenoxy) is 1. The number of amides is 1. The third-order valence-corrected chi connectivity index (χ3v) is 6.54. The monoisotopic (exact) mass is 408 g/mol. The van der Waals surface area contributed by atoms with E-state index in [4.69, 9.17) is 4.74 Å². The molecule has 8 heteroatoms. The van der Waals surface area contributed by atoms with Crippen LogP contribution >= 0.6 is 0 Å². The molecule has 2 aromatic rings.